The maximum Gasteiger partial charge on any atom is 0.0757 e. The van der Waals surface area contributed by atoms with Crippen molar-refractivity contribution in [3.63, 3.8) is 0 Å². The van der Waals surface area contributed by atoms with Gasteiger partial charge in [0.2, 0.25) is 0 Å². The van der Waals surface area contributed by atoms with E-state index in [4.69, 9.17) is 17.3 Å². The van der Waals surface area contributed by atoms with Crippen LogP contribution in [-0.2, 0) is 6.42 Å². The molecule has 0 radical (unpaired) electrons. The van der Waals surface area contributed by atoms with Gasteiger partial charge in [-0.1, -0.05) is 36.7 Å². The fourth-order valence-corrected chi connectivity index (χ4v) is 4.24. The summed E-state index contributed by atoms with van der Waals surface area (Å²) in [7, 11) is 0. The number of anilines is 1. The molecule has 20 heavy (non-hydrogen) atoms. The molecule has 4 heteroatoms. The van der Waals surface area contributed by atoms with Crippen LogP contribution in [0.2, 0.25) is 5.02 Å². The number of benzene rings is 1. The summed E-state index contributed by atoms with van der Waals surface area (Å²) in [5.41, 5.74) is 8.82. The predicted octanol–water partition coefficient (Wildman–Crippen LogP) is 4.10. The van der Waals surface area contributed by atoms with Crippen LogP contribution in [0.25, 0.3) is 0 Å². The van der Waals surface area contributed by atoms with Crippen molar-refractivity contribution in [3.8, 4) is 0 Å². The lowest BCUT2D eigenvalue weighted by Gasteiger charge is -2.39. The van der Waals surface area contributed by atoms with Gasteiger partial charge in [0.05, 0.1) is 11.1 Å². The Labute approximate surface area is 129 Å². The lowest BCUT2D eigenvalue weighted by atomic mass is 9.92. The molecule has 0 saturated heterocycles. The van der Waals surface area contributed by atoms with Crippen LogP contribution in [0.3, 0.4) is 0 Å². The molecule has 0 aliphatic carbocycles. The molecule has 2 N–H and O–H groups in total. The average Bonchev–Trinajstić information content (AvgIpc) is 2.86. The van der Waals surface area contributed by atoms with Crippen LogP contribution in [-0.4, -0.2) is 13.1 Å². The zero-order valence-corrected chi connectivity index (χ0v) is 13.1. The first-order valence-corrected chi connectivity index (χ1v) is 8.23. The third kappa shape index (κ3) is 2.58. The highest BCUT2D eigenvalue weighted by Crippen LogP contribution is 2.37. The summed E-state index contributed by atoms with van der Waals surface area (Å²) in [5.74, 6) is 0.648. The number of para-hydroxylation sites is 1. The van der Waals surface area contributed by atoms with Gasteiger partial charge in [-0.3, -0.25) is 0 Å². The van der Waals surface area contributed by atoms with Crippen molar-refractivity contribution in [2.45, 2.75) is 19.4 Å². The van der Waals surface area contributed by atoms with Crippen molar-refractivity contribution in [3.05, 3.63) is 51.2 Å². The Bertz CT molecular complexity index is 596. The normalized spacial score (nSPS) is 19.8. The maximum atomic E-state index is 6.08. The predicted molar refractivity (Wildman–Crippen MR) is 87.8 cm³/mol. The zero-order chi connectivity index (χ0) is 14.1. The fraction of sp³-hybridized carbons (Fsp3) is 0.375. The minimum Gasteiger partial charge on any atom is -0.362 e. The van der Waals surface area contributed by atoms with Gasteiger partial charge in [0.15, 0.2) is 0 Å². The second-order valence-corrected chi connectivity index (χ2v) is 6.89. The van der Waals surface area contributed by atoms with Crippen LogP contribution < -0.4 is 10.6 Å². The minimum absolute atomic E-state index is 0.219. The van der Waals surface area contributed by atoms with Crippen LogP contribution in [0.15, 0.2) is 35.7 Å². The first-order chi connectivity index (χ1) is 9.69. The number of nitrogens with two attached hydrogens (primary N) is 1. The van der Waals surface area contributed by atoms with E-state index < -0.39 is 0 Å². The van der Waals surface area contributed by atoms with Gasteiger partial charge in [-0.15, -0.1) is 11.3 Å². The van der Waals surface area contributed by atoms with E-state index in [1.54, 1.807) is 11.3 Å². The summed E-state index contributed by atoms with van der Waals surface area (Å²) in [6.45, 7) is 3.96. The first-order valence-electron chi connectivity index (χ1n) is 6.97. The van der Waals surface area contributed by atoms with Gasteiger partial charge in [-0.25, -0.2) is 0 Å². The van der Waals surface area contributed by atoms with E-state index in [1.807, 2.05) is 11.4 Å². The van der Waals surface area contributed by atoms with E-state index in [-0.39, 0.29) is 6.04 Å². The first kappa shape index (κ1) is 13.9. The molecule has 0 fully saturated rings. The lowest BCUT2D eigenvalue weighted by Crippen LogP contribution is -2.40. The molecular formula is C16H19ClN2S. The lowest BCUT2D eigenvalue weighted by molar-refractivity contribution is 0.493. The molecule has 0 saturated carbocycles. The molecular weight excluding hydrogens is 288 g/mol. The van der Waals surface area contributed by atoms with E-state index in [0.29, 0.717) is 12.5 Å². The monoisotopic (exact) mass is 306 g/mol. The number of thiophene rings is 1. The molecule has 0 spiro atoms. The summed E-state index contributed by atoms with van der Waals surface area (Å²) < 4.78 is 0. The van der Waals surface area contributed by atoms with Crippen molar-refractivity contribution >= 4 is 28.6 Å². The van der Waals surface area contributed by atoms with Gasteiger partial charge in [0.1, 0.15) is 0 Å². The Morgan fingerprint density at radius 3 is 2.95 bits per heavy atom. The summed E-state index contributed by atoms with van der Waals surface area (Å²) in [5, 5.41) is 2.79. The van der Waals surface area contributed by atoms with E-state index in [0.717, 1.165) is 18.0 Å². The highest BCUT2D eigenvalue weighted by molar-refractivity contribution is 7.10. The summed E-state index contributed by atoms with van der Waals surface area (Å²) in [4.78, 5) is 3.70. The van der Waals surface area contributed by atoms with Gasteiger partial charge in [-0.2, -0.15) is 0 Å². The molecule has 106 valence electrons. The molecule has 0 bridgehead atoms. The van der Waals surface area contributed by atoms with Crippen LogP contribution >= 0.6 is 22.9 Å². The Morgan fingerprint density at radius 1 is 1.45 bits per heavy atom. The van der Waals surface area contributed by atoms with E-state index >= 15 is 0 Å². The molecule has 1 aliphatic heterocycles. The Hall–Kier alpha value is -1.03. The Kier molecular flexibility index (Phi) is 4.01. The number of halogens is 1. The number of hydrogen-bond acceptors (Lipinski definition) is 3. The molecule has 3 rings (SSSR count). The number of fused-ring (bicyclic) bond motifs is 1. The van der Waals surface area contributed by atoms with E-state index in [1.165, 1.54) is 16.1 Å². The SMILES string of the molecule is CC1Cc2ccccc2N(C(CN)c2cc(Cl)cs2)C1. The van der Waals surface area contributed by atoms with E-state index in [9.17, 15) is 0 Å². The molecule has 2 heterocycles. The molecule has 0 amide bonds. The van der Waals surface area contributed by atoms with Gasteiger partial charge < -0.3 is 10.6 Å². The Morgan fingerprint density at radius 2 is 2.25 bits per heavy atom. The maximum absolute atomic E-state index is 6.08. The standard InChI is InChI=1S/C16H19ClN2S/c1-11-6-12-4-2-3-5-14(12)19(9-11)15(8-18)16-7-13(17)10-20-16/h2-5,7,10-11,15H,6,8-9,18H2,1H3. The molecule has 2 nitrogen and oxygen atoms in total. The highest BCUT2D eigenvalue weighted by atomic mass is 35.5. The van der Waals surface area contributed by atoms with Crippen LogP contribution in [0, 0.1) is 5.92 Å². The van der Waals surface area contributed by atoms with Gasteiger partial charge in [-0.05, 0) is 30.0 Å². The van der Waals surface area contributed by atoms with Gasteiger partial charge in [0, 0.05) is 29.0 Å². The smallest absolute Gasteiger partial charge is 0.0757 e. The molecule has 2 aromatic rings. The van der Waals surface area contributed by atoms with Gasteiger partial charge >= 0.3 is 0 Å². The largest absolute Gasteiger partial charge is 0.362 e. The van der Waals surface area contributed by atoms with Crippen molar-refractivity contribution in [2.24, 2.45) is 11.7 Å². The van der Waals surface area contributed by atoms with Crippen molar-refractivity contribution < 1.29 is 0 Å². The molecule has 1 aromatic carbocycles. The third-order valence-corrected chi connectivity index (χ3v) is 5.27. The van der Waals surface area contributed by atoms with Gasteiger partial charge in [0.25, 0.3) is 0 Å². The van der Waals surface area contributed by atoms with Crippen LogP contribution in [0.1, 0.15) is 23.4 Å². The average molecular weight is 307 g/mol. The second-order valence-electron chi connectivity index (χ2n) is 5.51. The van der Waals surface area contributed by atoms with Crippen LogP contribution in [0.4, 0.5) is 5.69 Å². The topological polar surface area (TPSA) is 29.3 Å². The summed E-state index contributed by atoms with van der Waals surface area (Å²) in [6.07, 6.45) is 1.15. The third-order valence-electron chi connectivity index (χ3n) is 3.89. The second kappa shape index (κ2) is 5.76. The summed E-state index contributed by atoms with van der Waals surface area (Å²) >= 11 is 7.78. The van der Waals surface area contributed by atoms with Crippen molar-refractivity contribution in [1.82, 2.24) is 0 Å². The molecule has 1 aromatic heterocycles. The summed E-state index contributed by atoms with van der Waals surface area (Å²) in [6, 6.07) is 10.9. The molecule has 2 unspecified atom stereocenters. The van der Waals surface area contributed by atoms with Crippen molar-refractivity contribution in [2.75, 3.05) is 18.0 Å². The van der Waals surface area contributed by atoms with Crippen molar-refractivity contribution in [1.29, 1.82) is 0 Å². The zero-order valence-electron chi connectivity index (χ0n) is 11.6. The quantitative estimate of drug-likeness (QED) is 0.925. The highest BCUT2D eigenvalue weighted by Gasteiger charge is 2.28. The number of nitrogens with zero attached hydrogens (tertiary/aromatic N) is 1. The minimum atomic E-state index is 0.219. The molecule has 2 atom stereocenters. The fourth-order valence-electron chi connectivity index (χ4n) is 3.03. The number of hydrogen-bond donors (Lipinski definition) is 1. The Balaban J connectivity index is 1.99. The van der Waals surface area contributed by atoms with Crippen LogP contribution in [0.5, 0.6) is 0 Å². The van der Waals surface area contributed by atoms with E-state index in [2.05, 4.69) is 36.1 Å². The molecule has 1 aliphatic rings. The number of rotatable bonds is 3.